The average molecular weight is 336 g/mol. The molecule has 0 unspecified atom stereocenters. The minimum atomic E-state index is -0.202. The maximum absolute atomic E-state index is 12.1. The van der Waals surface area contributed by atoms with E-state index in [0.717, 1.165) is 22.4 Å². The summed E-state index contributed by atoms with van der Waals surface area (Å²) >= 11 is 0. The largest absolute Gasteiger partial charge is 0.483 e. The van der Waals surface area contributed by atoms with Crippen LogP contribution in [0.25, 0.3) is 11.3 Å². The molecule has 3 aromatic rings. The molecule has 0 bridgehead atoms. The van der Waals surface area contributed by atoms with Gasteiger partial charge in [0, 0.05) is 11.3 Å². The zero-order valence-corrected chi connectivity index (χ0v) is 14.5. The van der Waals surface area contributed by atoms with E-state index in [-0.39, 0.29) is 12.5 Å². The average Bonchev–Trinajstić information content (AvgIpc) is 3.09. The summed E-state index contributed by atoms with van der Waals surface area (Å²) in [5.74, 6) is 1.25. The predicted molar refractivity (Wildman–Crippen MR) is 96.7 cm³/mol. The third kappa shape index (κ3) is 4.07. The summed E-state index contributed by atoms with van der Waals surface area (Å²) in [6, 6.07) is 11.5. The van der Waals surface area contributed by atoms with Crippen LogP contribution in [0.3, 0.4) is 0 Å². The van der Waals surface area contributed by atoms with E-state index in [1.807, 2.05) is 57.2 Å². The first-order valence-corrected chi connectivity index (χ1v) is 8.02. The fraction of sp³-hybridized carbons (Fsp3) is 0.200. The highest BCUT2D eigenvalue weighted by Gasteiger charge is 2.09. The molecule has 25 heavy (non-hydrogen) atoms. The molecule has 5 heteroatoms. The van der Waals surface area contributed by atoms with Crippen molar-refractivity contribution in [1.29, 1.82) is 0 Å². The van der Waals surface area contributed by atoms with Crippen LogP contribution >= 0.6 is 0 Å². The fourth-order valence-electron chi connectivity index (χ4n) is 2.81. The first-order chi connectivity index (χ1) is 12.0. The lowest BCUT2D eigenvalue weighted by Crippen LogP contribution is -2.20. The Balaban J connectivity index is 1.60. The molecule has 0 saturated heterocycles. The van der Waals surface area contributed by atoms with Gasteiger partial charge >= 0.3 is 0 Å². The van der Waals surface area contributed by atoms with Crippen molar-refractivity contribution in [2.75, 3.05) is 11.9 Å². The highest BCUT2D eigenvalue weighted by atomic mass is 16.5. The summed E-state index contributed by atoms with van der Waals surface area (Å²) in [5.41, 5.74) is 4.84. The van der Waals surface area contributed by atoms with E-state index in [1.165, 1.54) is 12.0 Å². The molecule has 0 aliphatic carbocycles. The van der Waals surface area contributed by atoms with Crippen molar-refractivity contribution < 1.29 is 13.9 Å². The van der Waals surface area contributed by atoms with Gasteiger partial charge in [0.2, 0.25) is 0 Å². The van der Waals surface area contributed by atoms with Crippen molar-refractivity contribution in [2.45, 2.75) is 20.8 Å². The van der Waals surface area contributed by atoms with Crippen LogP contribution in [0.15, 0.2) is 53.4 Å². The van der Waals surface area contributed by atoms with Gasteiger partial charge in [0.1, 0.15) is 5.75 Å². The molecule has 5 nitrogen and oxygen atoms in total. The molecule has 0 spiro atoms. The number of aromatic nitrogens is 1. The summed E-state index contributed by atoms with van der Waals surface area (Å²) in [5, 5.41) is 2.82. The number of oxazole rings is 1. The zero-order valence-electron chi connectivity index (χ0n) is 14.5. The number of hydrogen-bond donors (Lipinski definition) is 1. The second kappa shape index (κ2) is 7.21. The first-order valence-electron chi connectivity index (χ1n) is 8.02. The van der Waals surface area contributed by atoms with Crippen molar-refractivity contribution in [3.63, 3.8) is 0 Å². The minimum absolute atomic E-state index is 0.0331. The molecule has 2 aromatic carbocycles. The quantitative estimate of drug-likeness (QED) is 0.755. The number of nitrogens with one attached hydrogen (secondary N) is 1. The van der Waals surface area contributed by atoms with Crippen LogP contribution in [0.2, 0.25) is 0 Å². The van der Waals surface area contributed by atoms with Crippen LogP contribution in [0.4, 0.5) is 5.69 Å². The normalized spacial score (nSPS) is 10.5. The van der Waals surface area contributed by atoms with Crippen molar-refractivity contribution >= 4 is 11.6 Å². The van der Waals surface area contributed by atoms with E-state index in [0.29, 0.717) is 11.4 Å². The van der Waals surface area contributed by atoms with Gasteiger partial charge in [-0.1, -0.05) is 17.7 Å². The summed E-state index contributed by atoms with van der Waals surface area (Å²) in [6.07, 6.45) is 3.03. The molecular weight excluding hydrogens is 316 g/mol. The molecule has 128 valence electrons. The summed E-state index contributed by atoms with van der Waals surface area (Å²) in [4.78, 5) is 16.0. The van der Waals surface area contributed by atoms with Gasteiger partial charge in [-0.2, -0.15) is 0 Å². The molecule has 1 aromatic heterocycles. The molecule has 1 heterocycles. The number of benzene rings is 2. The van der Waals surface area contributed by atoms with E-state index >= 15 is 0 Å². The Morgan fingerprint density at radius 2 is 1.80 bits per heavy atom. The number of rotatable bonds is 5. The lowest BCUT2D eigenvalue weighted by molar-refractivity contribution is -0.118. The van der Waals surface area contributed by atoms with E-state index in [4.69, 9.17) is 9.15 Å². The third-order valence-electron chi connectivity index (χ3n) is 3.84. The van der Waals surface area contributed by atoms with Crippen LogP contribution < -0.4 is 10.1 Å². The molecule has 0 aliphatic rings. The summed E-state index contributed by atoms with van der Waals surface area (Å²) in [6.45, 7) is 5.97. The van der Waals surface area contributed by atoms with E-state index < -0.39 is 0 Å². The Morgan fingerprint density at radius 3 is 2.40 bits per heavy atom. The molecule has 0 radical (unpaired) electrons. The Labute approximate surface area is 146 Å². The third-order valence-corrected chi connectivity index (χ3v) is 3.84. The monoisotopic (exact) mass is 336 g/mol. The number of anilines is 1. The maximum Gasteiger partial charge on any atom is 0.262 e. The van der Waals surface area contributed by atoms with Gasteiger partial charge in [-0.15, -0.1) is 0 Å². The van der Waals surface area contributed by atoms with Gasteiger partial charge in [-0.05, 0) is 56.2 Å². The first kappa shape index (κ1) is 16.8. The van der Waals surface area contributed by atoms with E-state index in [1.54, 1.807) is 6.20 Å². The predicted octanol–water partition coefficient (Wildman–Crippen LogP) is 4.28. The molecule has 3 rings (SSSR count). The maximum atomic E-state index is 12.1. The lowest BCUT2D eigenvalue weighted by atomic mass is 10.1. The van der Waals surface area contributed by atoms with Crippen LogP contribution in [0, 0.1) is 20.8 Å². The second-order valence-corrected chi connectivity index (χ2v) is 6.01. The van der Waals surface area contributed by atoms with Crippen molar-refractivity contribution in [2.24, 2.45) is 0 Å². The number of hydrogen-bond acceptors (Lipinski definition) is 4. The number of carbonyl (C=O) groups is 1. The van der Waals surface area contributed by atoms with E-state index in [9.17, 15) is 4.79 Å². The van der Waals surface area contributed by atoms with Gasteiger partial charge < -0.3 is 14.5 Å². The van der Waals surface area contributed by atoms with Gasteiger partial charge in [-0.25, -0.2) is 4.98 Å². The van der Waals surface area contributed by atoms with Gasteiger partial charge in [0.25, 0.3) is 5.91 Å². The standard InChI is InChI=1S/C20H20N2O3/c1-13-8-14(2)20(15(3)9-13)24-11-19(23)22-17-6-4-16(5-7-17)18-10-21-12-25-18/h4-10,12H,11H2,1-3H3,(H,22,23). The van der Waals surface area contributed by atoms with Crippen molar-refractivity contribution in [3.8, 4) is 17.1 Å². The zero-order chi connectivity index (χ0) is 17.8. The topological polar surface area (TPSA) is 64.4 Å². The number of aryl methyl sites for hydroxylation is 3. The van der Waals surface area contributed by atoms with Crippen molar-refractivity contribution in [3.05, 3.63) is 65.7 Å². The lowest BCUT2D eigenvalue weighted by Gasteiger charge is -2.13. The summed E-state index contributed by atoms with van der Waals surface area (Å²) < 4.78 is 10.9. The van der Waals surface area contributed by atoms with Crippen molar-refractivity contribution in [1.82, 2.24) is 4.98 Å². The number of amides is 1. The van der Waals surface area contributed by atoms with Gasteiger partial charge in [-0.3, -0.25) is 4.79 Å². The second-order valence-electron chi connectivity index (χ2n) is 6.01. The molecule has 1 amide bonds. The Morgan fingerprint density at radius 1 is 1.12 bits per heavy atom. The van der Waals surface area contributed by atoms with Gasteiger partial charge in [0.05, 0.1) is 6.20 Å². The number of carbonyl (C=O) groups excluding carboxylic acids is 1. The minimum Gasteiger partial charge on any atom is -0.483 e. The Kier molecular flexibility index (Phi) is 4.84. The van der Waals surface area contributed by atoms with Crippen LogP contribution in [0.5, 0.6) is 5.75 Å². The molecule has 1 N–H and O–H groups in total. The Bertz CT molecular complexity index is 845. The highest BCUT2D eigenvalue weighted by molar-refractivity contribution is 5.92. The molecule has 0 saturated carbocycles. The SMILES string of the molecule is Cc1cc(C)c(OCC(=O)Nc2ccc(-c3cnco3)cc2)c(C)c1. The summed E-state index contributed by atoms with van der Waals surface area (Å²) in [7, 11) is 0. The van der Waals surface area contributed by atoms with Gasteiger partial charge in [0.15, 0.2) is 18.8 Å². The molecular formula is C20H20N2O3. The van der Waals surface area contributed by atoms with Crippen LogP contribution in [-0.4, -0.2) is 17.5 Å². The van der Waals surface area contributed by atoms with Crippen LogP contribution in [-0.2, 0) is 4.79 Å². The highest BCUT2D eigenvalue weighted by Crippen LogP contribution is 2.24. The molecule has 0 atom stereocenters. The molecule has 0 aliphatic heterocycles. The van der Waals surface area contributed by atoms with Crippen LogP contribution in [0.1, 0.15) is 16.7 Å². The fourth-order valence-corrected chi connectivity index (χ4v) is 2.81. The number of ether oxygens (including phenoxy) is 1. The smallest absolute Gasteiger partial charge is 0.262 e. The van der Waals surface area contributed by atoms with E-state index in [2.05, 4.69) is 10.3 Å². The Hall–Kier alpha value is -3.08. The number of nitrogens with zero attached hydrogens (tertiary/aromatic N) is 1. The molecule has 0 fully saturated rings.